The molecule has 1 saturated heterocycles. The number of likely N-dealkylation sites (N-methyl/N-ethyl adjacent to an activating group) is 1. The van der Waals surface area contributed by atoms with Gasteiger partial charge in [0.25, 0.3) is 11.8 Å². The molecule has 2 atom stereocenters. The van der Waals surface area contributed by atoms with Gasteiger partial charge in [-0.2, -0.15) is 4.98 Å². The van der Waals surface area contributed by atoms with E-state index in [9.17, 15) is 24.0 Å². The van der Waals surface area contributed by atoms with E-state index in [1.807, 2.05) is 30.3 Å². The highest BCUT2D eigenvalue weighted by molar-refractivity contribution is 6.06. The number of carbonyl (C=O) groups is 5. The third kappa shape index (κ3) is 9.25. The van der Waals surface area contributed by atoms with E-state index >= 15 is 0 Å². The molecule has 3 aliphatic heterocycles. The summed E-state index contributed by atoms with van der Waals surface area (Å²) in [6.45, 7) is 4.13. The normalized spacial score (nSPS) is 22.7. The van der Waals surface area contributed by atoms with Crippen LogP contribution in [0.5, 0.6) is 0 Å². The zero-order valence-corrected chi connectivity index (χ0v) is 35.0. The monoisotopic (exact) mass is 829 g/mol. The van der Waals surface area contributed by atoms with Crippen LogP contribution >= 0.6 is 0 Å². The fourth-order valence-corrected chi connectivity index (χ4v) is 9.41. The number of amides is 5. The maximum Gasteiger partial charge on any atom is 0.255 e. The van der Waals surface area contributed by atoms with Crippen LogP contribution in [-0.4, -0.2) is 101 Å². The molecule has 4 heterocycles. The number of piperidine rings is 1. The molecule has 5 aliphatic rings. The van der Waals surface area contributed by atoms with Gasteiger partial charge in [-0.3, -0.25) is 29.3 Å². The number of ether oxygens (including phenoxy) is 1. The lowest BCUT2D eigenvalue weighted by Crippen LogP contribution is -2.55. The lowest BCUT2D eigenvalue weighted by molar-refractivity contribution is -0.137. The van der Waals surface area contributed by atoms with Crippen LogP contribution in [-0.2, 0) is 25.7 Å². The van der Waals surface area contributed by atoms with Gasteiger partial charge in [0.15, 0.2) is 5.82 Å². The van der Waals surface area contributed by atoms with Crippen molar-refractivity contribution in [1.82, 2.24) is 30.8 Å². The molecule has 4 N–H and O–H groups in total. The molecule has 3 fully saturated rings. The zero-order chi connectivity index (χ0) is 42.5. The summed E-state index contributed by atoms with van der Waals surface area (Å²) in [4.78, 5) is 78.4. The molecule has 0 spiro atoms. The van der Waals surface area contributed by atoms with Crippen molar-refractivity contribution in [2.24, 2.45) is 0 Å². The molecule has 2 saturated carbocycles. The Morgan fingerprint density at radius 1 is 0.951 bits per heavy atom. The molecule has 2 aromatic carbocycles. The minimum Gasteiger partial charge on any atom is -0.379 e. The van der Waals surface area contributed by atoms with Crippen molar-refractivity contribution < 1.29 is 28.7 Å². The van der Waals surface area contributed by atoms with Crippen LogP contribution in [0.4, 0.5) is 23.1 Å². The van der Waals surface area contributed by atoms with Gasteiger partial charge >= 0.3 is 0 Å². The molecule has 15 nitrogen and oxygen atoms in total. The molecule has 8 rings (SSSR count). The van der Waals surface area contributed by atoms with Crippen LogP contribution < -0.4 is 31.1 Å². The lowest BCUT2D eigenvalue weighted by atomic mass is 9.91. The van der Waals surface area contributed by atoms with Crippen molar-refractivity contribution >= 4 is 52.7 Å². The van der Waals surface area contributed by atoms with Crippen LogP contribution in [0.2, 0.25) is 0 Å². The van der Waals surface area contributed by atoms with Crippen LogP contribution in [0.15, 0.2) is 48.7 Å². The van der Waals surface area contributed by atoms with E-state index in [2.05, 4.69) is 49.9 Å². The molecule has 1 aromatic heterocycles. The molecule has 0 radical (unpaired) electrons. The Balaban J connectivity index is 0.734. The van der Waals surface area contributed by atoms with Crippen molar-refractivity contribution in [2.75, 3.05) is 41.9 Å². The van der Waals surface area contributed by atoms with Crippen molar-refractivity contribution in [2.45, 2.75) is 121 Å². The number of hydrogen-bond donors (Lipinski definition) is 4. The third-order valence-corrected chi connectivity index (χ3v) is 12.7. The number of rotatable bonds is 13. The fraction of sp³-hybridized carbons (Fsp3) is 0.500. The number of aromatic nitrogens is 2. The first-order chi connectivity index (χ1) is 29.7. The zero-order valence-electron chi connectivity index (χ0n) is 35.0. The Kier molecular flexibility index (Phi) is 12.9. The maximum absolute atomic E-state index is 13.2. The molecular weight excluding hydrogens is 775 g/mol. The van der Waals surface area contributed by atoms with Gasteiger partial charge in [0, 0.05) is 73.5 Å². The van der Waals surface area contributed by atoms with Crippen LogP contribution in [0.25, 0.3) is 0 Å². The number of imide groups is 1. The van der Waals surface area contributed by atoms with E-state index in [0.29, 0.717) is 68.2 Å². The fourth-order valence-electron chi connectivity index (χ4n) is 9.41. The van der Waals surface area contributed by atoms with Gasteiger partial charge < -0.3 is 35.4 Å². The van der Waals surface area contributed by atoms with Gasteiger partial charge in [-0.15, -0.1) is 0 Å². The van der Waals surface area contributed by atoms with E-state index in [4.69, 9.17) is 9.72 Å². The molecule has 320 valence electrons. The second kappa shape index (κ2) is 18.8. The first-order valence-electron chi connectivity index (χ1n) is 21.9. The number of fused-ring (bicyclic) bond motifs is 2. The number of anilines is 4. The van der Waals surface area contributed by atoms with E-state index in [-0.39, 0.29) is 42.1 Å². The number of nitrogens with one attached hydrogen (secondary N) is 4. The summed E-state index contributed by atoms with van der Waals surface area (Å²) >= 11 is 0. The average molecular weight is 830 g/mol. The van der Waals surface area contributed by atoms with Gasteiger partial charge in [0.2, 0.25) is 23.7 Å². The van der Waals surface area contributed by atoms with Crippen LogP contribution in [0.1, 0.15) is 116 Å². The Hall–Kier alpha value is -5.85. The predicted molar refractivity (Wildman–Crippen MR) is 230 cm³/mol. The molecule has 5 amide bonds. The molecule has 2 aliphatic carbocycles. The highest BCUT2D eigenvalue weighted by atomic mass is 16.5. The summed E-state index contributed by atoms with van der Waals surface area (Å²) in [6, 6.07) is 12.7. The molecule has 3 aromatic rings. The Bertz CT molecular complexity index is 2210. The largest absolute Gasteiger partial charge is 0.379 e. The summed E-state index contributed by atoms with van der Waals surface area (Å²) < 4.78 is 5.83. The SMILES string of the molecule is CC[C@@H]1C(=O)N(C)c2cnc(Nc3ccc(C(=O)N[C@H]4CC[C@H](NCCOCCC#Cc5cccc6c5CN([C@H]5CCC(=O)NC5=O)C6=O)CC4)cc3)nc2N1C1CCCC1. The second-order valence-corrected chi connectivity index (χ2v) is 16.6. The minimum absolute atomic E-state index is 0.0848. The van der Waals surface area contributed by atoms with Gasteiger partial charge in [-0.1, -0.05) is 37.7 Å². The molecule has 0 bridgehead atoms. The van der Waals surface area contributed by atoms with Crippen molar-refractivity contribution in [3.8, 4) is 11.8 Å². The summed E-state index contributed by atoms with van der Waals surface area (Å²) in [7, 11) is 1.80. The summed E-state index contributed by atoms with van der Waals surface area (Å²) in [5.41, 5.74) is 4.23. The maximum atomic E-state index is 13.2. The van der Waals surface area contributed by atoms with Gasteiger partial charge in [-0.05, 0) is 93.3 Å². The average Bonchev–Trinajstić information content (AvgIpc) is 3.92. The molecular formula is C46H55N9O6. The van der Waals surface area contributed by atoms with E-state index in [1.165, 1.54) is 0 Å². The Labute approximate surface area is 356 Å². The second-order valence-electron chi connectivity index (χ2n) is 16.6. The molecule has 15 heteroatoms. The van der Waals surface area contributed by atoms with Crippen LogP contribution in [0, 0.1) is 11.8 Å². The smallest absolute Gasteiger partial charge is 0.255 e. The van der Waals surface area contributed by atoms with E-state index in [1.54, 1.807) is 35.2 Å². The number of hydrogen-bond acceptors (Lipinski definition) is 11. The van der Waals surface area contributed by atoms with Gasteiger partial charge in [-0.25, -0.2) is 4.98 Å². The topological polar surface area (TPSA) is 178 Å². The van der Waals surface area contributed by atoms with E-state index in [0.717, 1.165) is 86.2 Å². The molecule has 61 heavy (non-hydrogen) atoms. The summed E-state index contributed by atoms with van der Waals surface area (Å²) in [5, 5.41) is 12.4. The van der Waals surface area contributed by atoms with Gasteiger partial charge in [0.05, 0.1) is 19.4 Å². The quantitative estimate of drug-likeness (QED) is 0.108. The lowest BCUT2D eigenvalue weighted by Gasteiger charge is -2.43. The first kappa shape index (κ1) is 41.9. The Morgan fingerprint density at radius 3 is 2.48 bits per heavy atom. The predicted octanol–water partition coefficient (Wildman–Crippen LogP) is 4.57. The number of nitrogens with zero attached hydrogens (tertiary/aromatic N) is 5. The van der Waals surface area contributed by atoms with Crippen LogP contribution in [0.3, 0.4) is 0 Å². The summed E-state index contributed by atoms with van der Waals surface area (Å²) in [6.07, 6.45) is 11.7. The van der Waals surface area contributed by atoms with Crippen molar-refractivity contribution in [3.05, 3.63) is 70.9 Å². The number of benzene rings is 2. The highest BCUT2D eigenvalue weighted by Crippen LogP contribution is 2.40. The Morgan fingerprint density at radius 2 is 1.72 bits per heavy atom. The number of carbonyl (C=O) groups excluding carboxylic acids is 5. The van der Waals surface area contributed by atoms with Crippen molar-refractivity contribution in [3.63, 3.8) is 0 Å². The molecule has 0 unspecified atom stereocenters. The summed E-state index contributed by atoms with van der Waals surface area (Å²) in [5.74, 6) is 6.65. The first-order valence-corrected chi connectivity index (χ1v) is 21.9. The van der Waals surface area contributed by atoms with Crippen molar-refractivity contribution in [1.29, 1.82) is 0 Å². The van der Waals surface area contributed by atoms with E-state index < -0.39 is 11.9 Å². The third-order valence-electron chi connectivity index (χ3n) is 12.7. The highest BCUT2D eigenvalue weighted by Gasteiger charge is 2.42. The van der Waals surface area contributed by atoms with Gasteiger partial charge in [0.1, 0.15) is 17.8 Å². The standard InChI is InChI=1S/C46H55N9O6/c1-3-37-45(60)53(2)39-27-48-46(52-41(39)55(37)34-11-4-5-12-34)50-33-16-14-30(15-17-33)42(57)49-32-20-18-31(19-21-32)47-24-26-61-25-7-6-9-29-10-8-13-35-36(29)28-54(44(35)59)38-22-23-40(56)51-43(38)58/h8,10,13-17,27,31-32,34,37-38,47H,3-5,7,11-12,18-26,28H2,1-2H3,(H,49,57)(H,48,50,52)(H,51,56,58)/t31-,32-,37-,38+/m1/s1. The minimum atomic E-state index is -0.652.